The molecule has 0 aromatic carbocycles. The number of pyridine rings is 1. The van der Waals surface area contributed by atoms with Crippen molar-refractivity contribution in [2.24, 2.45) is 0 Å². The minimum atomic E-state index is -0.421. The van der Waals surface area contributed by atoms with Crippen molar-refractivity contribution in [3.8, 4) is 11.4 Å². The van der Waals surface area contributed by atoms with Crippen LogP contribution in [0.1, 0.15) is 22.2 Å². The Bertz CT molecular complexity index is 851. The smallest absolute Gasteiger partial charge is 0.350 e. The number of ether oxygens (including phenoxy) is 1. The second-order valence-corrected chi connectivity index (χ2v) is 5.83. The van der Waals surface area contributed by atoms with Gasteiger partial charge in [-0.15, -0.1) is 0 Å². The highest BCUT2D eigenvalue weighted by Crippen LogP contribution is 2.32. The Morgan fingerprint density at radius 2 is 2.04 bits per heavy atom. The van der Waals surface area contributed by atoms with Crippen LogP contribution in [0.5, 0.6) is 0 Å². The monoisotopic (exact) mass is 341 g/mol. The van der Waals surface area contributed by atoms with Gasteiger partial charge in [-0.25, -0.2) is 19.7 Å². The first-order chi connectivity index (χ1) is 11.7. The summed E-state index contributed by atoms with van der Waals surface area (Å²) in [5.41, 5.74) is 2.14. The van der Waals surface area contributed by atoms with E-state index < -0.39 is 5.97 Å². The van der Waals surface area contributed by atoms with Gasteiger partial charge in [0.25, 0.3) is 0 Å². The maximum Gasteiger partial charge on any atom is 0.350 e. The Labute approximate surface area is 142 Å². The van der Waals surface area contributed by atoms with Crippen molar-refractivity contribution in [1.82, 2.24) is 19.9 Å². The molecule has 0 spiro atoms. The van der Waals surface area contributed by atoms with Gasteiger partial charge in [-0.3, -0.25) is 4.98 Å². The molecule has 0 fully saturated rings. The van der Waals surface area contributed by atoms with Crippen LogP contribution < -0.4 is 5.32 Å². The topological polar surface area (TPSA) is 89.9 Å². The summed E-state index contributed by atoms with van der Waals surface area (Å²) >= 11 is 1.19. The number of esters is 1. The van der Waals surface area contributed by atoms with Gasteiger partial charge in [0.2, 0.25) is 5.95 Å². The molecular weight excluding hydrogens is 326 g/mol. The lowest BCUT2D eigenvalue weighted by molar-refractivity contribution is 0.0532. The minimum absolute atomic E-state index is 0.294. The molecule has 0 aliphatic carbocycles. The number of carbonyl (C=O) groups excluding carboxylic acids is 1. The molecule has 0 atom stereocenters. The highest BCUT2D eigenvalue weighted by molar-refractivity contribution is 7.18. The summed E-state index contributed by atoms with van der Waals surface area (Å²) in [6.45, 7) is 4.01. The van der Waals surface area contributed by atoms with Gasteiger partial charge in [-0.05, 0) is 37.6 Å². The maximum absolute atomic E-state index is 12.3. The quantitative estimate of drug-likeness (QED) is 0.713. The molecule has 0 unspecified atom stereocenters. The second kappa shape index (κ2) is 7.14. The number of aromatic nitrogens is 4. The van der Waals surface area contributed by atoms with Crippen molar-refractivity contribution in [3.05, 3.63) is 47.2 Å². The molecule has 3 heterocycles. The van der Waals surface area contributed by atoms with Crippen molar-refractivity contribution >= 4 is 28.4 Å². The van der Waals surface area contributed by atoms with Crippen LogP contribution in [0.15, 0.2) is 36.8 Å². The average Bonchev–Trinajstić information content (AvgIpc) is 3.00. The van der Waals surface area contributed by atoms with Crippen molar-refractivity contribution in [2.45, 2.75) is 13.8 Å². The van der Waals surface area contributed by atoms with Crippen LogP contribution in [0.3, 0.4) is 0 Å². The first kappa shape index (κ1) is 16.0. The molecule has 3 aromatic rings. The summed E-state index contributed by atoms with van der Waals surface area (Å²) in [6.07, 6.45) is 4.93. The first-order valence-corrected chi connectivity index (χ1v) is 8.14. The van der Waals surface area contributed by atoms with E-state index in [4.69, 9.17) is 4.74 Å². The summed E-state index contributed by atoms with van der Waals surface area (Å²) in [4.78, 5) is 29.6. The predicted molar refractivity (Wildman–Crippen MR) is 91.4 cm³/mol. The van der Waals surface area contributed by atoms with E-state index in [2.05, 4.69) is 25.3 Å². The van der Waals surface area contributed by atoms with Gasteiger partial charge in [0, 0.05) is 18.6 Å². The first-order valence-electron chi connectivity index (χ1n) is 7.32. The molecule has 7 nitrogen and oxygen atoms in total. The average molecular weight is 341 g/mol. The highest BCUT2D eigenvalue weighted by atomic mass is 32.1. The Balaban J connectivity index is 2.00. The fourth-order valence-corrected chi connectivity index (χ4v) is 2.87. The largest absolute Gasteiger partial charge is 0.462 e. The zero-order valence-electron chi connectivity index (χ0n) is 13.2. The van der Waals surface area contributed by atoms with Crippen LogP contribution >= 0.6 is 11.3 Å². The molecule has 0 bridgehead atoms. The molecule has 0 aliphatic heterocycles. The fraction of sp³-hybridized carbons (Fsp3) is 0.188. The van der Waals surface area contributed by atoms with E-state index in [-0.39, 0.29) is 0 Å². The van der Waals surface area contributed by atoms with E-state index in [0.717, 1.165) is 5.56 Å². The summed E-state index contributed by atoms with van der Waals surface area (Å²) in [6, 6.07) is 5.48. The lowest BCUT2D eigenvalue weighted by Gasteiger charge is -2.02. The fourth-order valence-electron chi connectivity index (χ4n) is 2.01. The van der Waals surface area contributed by atoms with E-state index in [1.807, 2.05) is 19.1 Å². The molecule has 0 amide bonds. The molecule has 0 saturated heterocycles. The molecule has 0 saturated carbocycles. The number of carbonyl (C=O) groups is 1. The minimum Gasteiger partial charge on any atom is -0.462 e. The van der Waals surface area contributed by atoms with Crippen molar-refractivity contribution in [2.75, 3.05) is 11.9 Å². The number of thiazole rings is 1. The highest BCUT2D eigenvalue weighted by Gasteiger charge is 2.22. The predicted octanol–water partition coefficient (Wildman–Crippen LogP) is 3.22. The molecule has 3 aromatic heterocycles. The van der Waals surface area contributed by atoms with Crippen molar-refractivity contribution in [3.63, 3.8) is 0 Å². The number of rotatable bonds is 5. The van der Waals surface area contributed by atoms with Crippen LogP contribution in [0.4, 0.5) is 11.1 Å². The van der Waals surface area contributed by atoms with E-state index in [1.165, 1.54) is 11.3 Å². The number of anilines is 2. The molecule has 24 heavy (non-hydrogen) atoms. The van der Waals surface area contributed by atoms with Crippen LogP contribution in [0.25, 0.3) is 11.4 Å². The molecular formula is C16H15N5O2S. The lowest BCUT2D eigenvalue weighted by atomic mass is 10.2. The van der Waals surface area contributed by atoms with Gasteiger partial charge >= 0.3 is 5.97 Å². The third-order valence-corrected chi connectivity index (χ3v) is 3.98. The third kappa shape index (κ3) is 3.54. The number of nitrogens with one attached hydrogen (secondary N) is 1. The number of hydrogen-bond acceptors (Lipinski definition) is 8. The van der Waals surface area contributed by atoms with Crippen LogP contribution in [0.2, 0.25) is 0 Å². The Morgan fingerprint density at radius 1 is 1.25 bits per heavy atom. The van der Waals surface area contributed by atoms with Gasteiger partial charge < -0.3 is 10.1 Å². The van der Waals surface area contributed by atoms with E-state index in [0.29, 0.717) is 34.0 Å². The van der Waals surface area contributed by atoms with Gasteiger partial charge in [-0.2, -0.15) is 0 Å². The lowest BCUT2D eigenvalue weighted by Crippen LogP contribution is -2.04. The van der Waals surface area contributed by atoms with Crippen LogP contribution in [-0.2, 0) is 4.74 Å². The summed E-state index contributed by atoms with van der Waals surface area (Å²) in [5.74, 6) is -0.0132. The van der Waals surface area contributed by atoms with Gasteiger partial charge in [0.15, 0.2) is 5.13 Å². The molecule has 3 rings (SSSR count). The summed E-state index contributed by atoms with van der Waals surface area (Å²) in [7, 11) is 0. The molecule has 1 N–H and O–H groups in total. The van der Waals surface area contributed by atoms with Gasteiger partial charge in [0.05, 0.1) is 12.3 Å². The van der Waals surface area contributed by atoms with E-state index in [1.54, 1.807) is 31.6 Å². The normalized spacial score (nSPS) is 10.4. The van der Waals surface area contributed by atoms with Crippen molar-refractivity contribution < 1.29 is 9.53 Å². The number of nitrogens with zero attached hydrogens (tertiary/aromatic N) is 4. The van der Waals surface area contributed by atoms with Crippen LogP contribution in [-0.4, -0.2) is 32.5 Å². The zero-order valence-corrected chi connectivity index (χ0v) is 14.0. The molecule has 122 valence electrons. The second-order valence-electron chi connectivity index (χ2n) is 4.83. The third-order valence-electron chi connectivity index (χ3n) is 3.03. The zero-order chi connectivity index (χ0) is 16.9. The molecule has 0 aliphatic rings. The number of hydrogen-bond donors (Lipinski definition) is 1. The van der Waals surface area contributed by atoms with Crippen LogP contribution in [0, 0.1) is 6.92 Å². The van der Waals surface area contributed by atoms with E-state index in [9.17, 15) is 4.79 Å². The van der Waals surface area contributed by atoms with Crippen molar-refractivity contribution in [1.29, 1.82) is 0 Å². The van der Waals surface area contributed by atoms with Gasteiger partial charge in [0.1, 0.15) is 10.6 Å². The van der Waals surface area contributed by atoms with E-state index >= 15 is 0 Å². The number of aryl methyl sites for hydroxylation is 1. The Morgan fingerprint density at radius 3 is 2.75 bits per heavy atom. The molecule has 8 heteroatoms. The molecule has 0 radical (unpaired) electrons. The summed E-state index contributed by atoms with van der Waals surface area (Å²) in [5, 5.41) is 3.50. The maximum atomic E-state index is 12.3. The standard InChI is InChI=1S/C16H15N5O2S/c1-3-23-14(22)13-12(11-9-10(2)5-8-17-11)20-16(24-13)21-15-18-6-4-7-19-15/h4-9H,3H2,1-2H3,(H,18,19,20,21). The SMILES string of the molecule is CCOC(=O)c1sc(Nc2ncccn2)nc1-c1cc(C)ccn1. The Hall–Kier alpha value is -2.87. The Kier molecular flexibility index (Phi) is 4.76. The summed E-state index contributed by atoms with van der Waals surface area (Å²) < 4.78 is 5.13. The van der Waals surface area contributed by atoms with Gasteiger partial charge in [-0.1, -0.05) is 11.3 Å².